The Morgan fingerprint density at radius 2 is 2.00 bits per heavy atom. The van der Waals surface area contributed by atoms with Gasteiger partial charge in [-0.2, -0.15) is 0 Å². The van der Waals surface area contributed by atoms with E-state index in [0.717, 1.165) is 15.7 Å². The third kappa shape index (κ3) is 2.46. The number of rotatable bonds is 2. The zero-order valence-corrected chi connectivity index (χ0v) is 13.7. The summed E-state index contributed by atoms with van der Waals surface area (Å²) in [6.45, 7) is 7.36. The molecule has 0 spiro atoms. The first kappa shape index (κ1) is 15.0. The lowest BCUT2D eigenvalue weighted by Crippen LogP contribution is -2.68. The molecule has 0 saturated carbocycles. The van der Waals surface area contributed by atoms with Crippen molar-refractivity contribution in [2.75, 3.05) is 4.90 Å². The van der Waals surface area contributed by atoms with Crippen molar-refractivity contribution >= 4 is 33.4 Å². The molecule has 20 heavy (non-hydrogen) atoms. The zero-order valence-electron chi connectivity index (χ0n) is 12.2. The Bertz CT molecular complexity index is 569. The summed E-state index contributed by atoms with van der Waals surface area (Å²) >= 11 is 3.50. The number of halogens is 1. The summed E-state index contributed by atoms with van der Waals surface area (Å²) in [5.41, 5.74) is 0.963. The molecule has 2 amide bonds. The quantitative estimate of drug-likeness (QED) is 0.901. The number of carbonyl (C=O) groups excluding carboxylic acids is 2. The number of anilines is 1. The highest BCUT2D eigenvalue weighted by Gasteiger charge is 2.45. The average Bonchev–Trinajstić information content (AvgIpc) is 2.34. The van der Waals surface area contributed by atoms with Crippen LogP contribution in [-0.2, 0) is 9.59 Å². The Kier molecular flexibility index (Phi) is 3.91. The van der Waals surface area contributed by atoms with Crippen molar-refractivity contribution in [1.29, 1.82) is 0 Å². The van der Waals surface area contributed by atoms with Crippen LogP contribution in [0.25, 0.3) is 0 Å². The molecule has 1 heterocycles. The van der Waals surface area contributed by atoms with Crippen molar-refractivity contribution < 1.29 is 9.59 Å². The molecule has 0 radical (unpaired) electrons. The summed E-state index contributed by atoms with van der Waals surface area (Å²) < 4.78 is 0.829. The molecule has 1 unspecified atom stereocenters. The van der Waals surface area contributed by atoms with Gasteiger partial charge in [0.2, 0.25) is 5.91 Å². The molecule has 1 aromatic carbocycles. The van der Waals surface area contributed by atoms with Crippen LogP contribution >= 0.6 is 15.9 Å². The minimum Gasteiger partial charge on any atom is -0.340 e. The van der Waals surface area contributed by atoms with Crippen molar-refractivity contribution in [2.24, 2.45) is 0 Å². The van der Waals surface area contributed by atoms with E-state index in [9.17, 15) is 9.59 Å². The third-order valence-electron chi connectivity index (χ3n) is 3.55. The predicted octanol–water partition coefficient (Wildman–Crippen LogP) is 2.78. The first-order valence-corrected chi connectivity index (χ1v) is 7.49. The number of benzene rings is 1. The number of hydrogen-bond acceptors (Lipinski definition) is 2. The number of amides is 2. The maximum absolute atomic E-state index is 12.7. The summed E-state index contributed by atoms with van der Waals surface area (Å²) in [4.78, 5) is 26.5. The fraction of sp³-hybridized carbons (Fsp3) is 0.467. The minimum absolute atomic E-state index is 0.0893. The molecule has 1 aliphatic heterocycles. The summed E-state index contributed by atoms with van der Waals surface area (Å²) in [5.74, 6) is -0.196. The first-order chi connectivity index (χ1) is 9.27. The highest BCUT2D eigenvalue weighted by Crippen LogP contribution is 2.33. The Morgan fingerprint density at radius 1 is 1.35 bits per heavy atom. The van der Waals surface area contributed by atoms with Crippen LogP contribution in [0, 0.1) is 6.92 Å². The van der Waals surface area contributed by atoms with Crippen LogP contribution in [0.2, 0.25) is 0 Å². The van der Waals surface area contributed by atoms with E-state index in [-0.39, 0.29) is 11.8 Å². The first-order valence-electron chi connectivity index (χ1n) is 6.69. The van der Waals surface area contributed by atoms with Gasteiger partial charge in [-0.15, -0.1) is 0 Å². The van der Waals surface area contributed by atoms with E-state index in [1.807, 2.05) is 32.0 Å². The van der Waals surface area contributed by atoms with E-state index in [1.165, 1.54) is 0 Å². The van der Waals surface area contributed by atoms with E-state index < -0.39 is 11.6 Å². The highest BCUT2D eigenvalue weighted by molar-refractivity contribution is 9.10. The lowest BCUT2D eigenvalue weighted by atomic mass is 9.95. The second-order valence-electron chi connectivity index (χ2n) is 5.67. The number of nitrogens with zero attached hydrogens (tertiary/aromatic N) is 1. The van der Waals surface area contributed by atoms with Gasteiger partial charge in [0.25, 0.3) is 5.91 Å². The topological polar surface area (TPSA) is 49.4 Å². The van der Waals surface area contributed by atoms with Gasteiger partial charge < -0.3 is 5.32 Å². The van der Waals surface area contributed by atoms with Gasteiger partial charge in [0.05, 0.1) is 5.69 Å². The summed E-state index contributed by atoms with van der Waals surface area (Å²) in [6, 6.07) is 5.32. The van der Waals surface area contributed by atoms with Gasteiger partial charge in [-0.05, 0) is 60.8 Å². The maximum Gasteiger partial charge on any atom is 0.252 e. The highest BCUT2D eigenvalue weighted by atomic mass is 79.9. The molecule has 108 valence electrons. The lowest BCUT2D eigenvalue weighted by Gasteiger charge is -2.42. The van der Waals surface area contributed by atoms with Crippen LogP contribution in [0.3, 0.4) is 0 Å². The Balaban J connectivity index is 2.54. The normalized spacial score (nSPS) is 21.9. The molecule has 0 bridgehead atoms. The van der Waals surface area contributed by atoms with E-state index in [2.05, 4.69) is 21.2 Å². The summed E-state index contributed by atoms with van der Waals surface area (Å²) in [5, 5.41) is 2.79. The second kappa shape index (κ2) is 5.20. The van der Waals surface area contributed by atoms with Crippen molar-refractivity contribution in [3.63, 3.8) is 0 Å². The lowest BCUT2D eigenvalue weighted by molar-refractivity contribution is -0.137. The predicted molar refractivity (Wildman–Crippen MR) is 82.7 cm³/mol. The van der Waals surface area contributed by atoms with Crippen LogP contribution in [-0.4, -0.2) is 23.4 Å². The van der Waals surface area contributed by atoms with Crippen LogP contribution < -0.4 is 10.2 Å². The van der Waals surface area contributed by atoms with Crippen molar-refractivity contribution in [1.82, 2.24) is 5.32 Å². The number of nitrogens with one attached hydrogen (secondary N) is 1. The van der Waals surface area contributed by atoms with Gasteiger partial charge in [-0.1, -0.05) is 13.0 Å². The van der Waals surface area contributed by atoms with Gasteiger partial charge in [-0.3, -0.25) is 14.5 Å². The number of piperazine rings is 1. The largest absolute Gasteiger partial charge is 0.340 e. The van der Waals surface area contributed by atoms with Gasteiger partial charge in [0, 0.05) is 4.47 Å². The summed E-state index contributed by atoms with van der Waals surface area (Å²) in [6.07, 6.45) is 0.577. The van der Waals surface area contributed by atoms with E-state index in [0.29, 0.717) is 6.42 Å². The molecular weight excluding hydrogens is 320 g/mol. The van der Waals surface area contributed by atoms with Crippen molar-refractivity contribution in [3.8, 4) is 0 Å². The molecular formula is C15H19BrN2O2. The van der Waals surface area contributed by atoms with Crippen LogP contribution in [0.1, 0.15) is 32.8 Å². The minimum atomic E-state index is -0.882. The van der Waals surface area contributed by atoms with Crippen LogP contribution in [0.4, 0.5) is 5.69 Å². The summed E-state index contributed by atoms with van der Waals surface area (Å²) in [7, 11) is 0. The number of carbonyl (C=O) groups is 2. The molecule has 0 aromatic heterocycles. The van der Waals surface area contributed by atoms with Crippen molar-refractivity contribution in [2.45, 2.75) is 45.7 Å². The van der Waals surface area contributed by atoms with Gasteiger partial charge in [0.1, 0.15) is 11.6 Å². The SMILES string of the molecule is CCC1C(=O)NC(C)(C)C(=O)N1c1ccc(C)cc1Br. The molecule has 1 aromatic rings. The third-order valence-corrected chi connectivity index (χ3v) is 4.19. The van der Waals surface area contributed by atoms with Crippen molar-refractivity contribution in [3.05, 3.63) is 28.2 Å². The fourth-order valence-electron chi connectivity index (χ4n) is 2.46. The Labute approximate surface area is 127 Å². The monoisotopic (exact) mass is 338 g/mol. The fourth-order valence-corrected chi connectivity index (χ4v) is 3.14. The molecule has 4 nitrogen and oxygen atoms in total. The van der Waals surface area contributed by atoms with Gasteiger partial charge in [0.15, 0.2) is 0 Å². The number of aryl methyl sites for hydroxylation is 1. The molecule has 1 N–H and O–H groups in total. The molecule has 1 aliphatic rings. The van der Waals surface area contributed by atoms with E-state index in [4.69, 9.17) is 0 Å². The maximum atomic E-state index is 12.7. The van der Waals surface area contributed by atoms with Gasteiger partial charge in [-0.25, -0.2) is 0 Å². The Morgan fingerprint density at radius 3 is 2.55 bits per heavy atom. The standard InChI is InChI=1S/C15H19BrN2O2/c1-5-11-13(19)17-15(3,4)14(20)18(11)12-7-6-9(2)8-10(12)16/h6-8,11H,5H2,1-4H3,(H,17,19). The second-order valence-corrected chi connectivity index (χ2v) is 6.52. The molecule has 0 aliphatic carbocycles. The Hall–Kier alpha value is -1.36. The number of hydrogen-bond donors (Lipinski definition) is 1. The van der Waals surface area contributed by atoms with Crippen LogP contribution in [0.15, 0.2) is 22.7 Å². The molecule has 2 rings (SSSR count). The van der Waals surface area contributed by atoms with E-state index >= 15 is 0 Å². The van der Waals surface area contributed by atoms with E-state index in [1.54, 1.807) is 18.7 Å². The average molecular weight is 339 g/mol. The smallest absolute Gasteiger partial charge is 0.252 e. The molecule has 1 saturated heterocycles. The van der Waals surface area contributed by atoms with Gasteiger partial charge >= 0.3 is 0 Å². The zero-order chi connectivity index (χ0) is 15.1. The molecule has 1 atom stereocenters. The molecule has 5 heteroatoms. The van der Waals surface area contributed by atoms with Crippen LogP contribution in [0.5, 0.6) is 0 Å². The molecule has 1 fully saturated rings.